The van der Waals surface area contributed by atoms with E-state index in [-0.39, 0.29) is 11.5 Å². The number of nitrogens with zero attached hydrogens (tertiary/aromatic N) is 5. The molecule has 0 aliphatic rings. The van der Waals surface area contributed by atoms with Crippen molar-refractivity contribution in [3.05, 3.63) is 63.8 Å². The van der Waals surface area contributed by atoms with Crippen LogP contribution in [0.15, 0.2) is 41.5 Å². The topological polar surface area (TPSA) is 86.2 Å². The van der Waals surface area contributed by atoms with Gasteiger partial charge in [-0.15, -0.1) is 0 Å². The highest BCUT2D eigenvalue weighted by Crippen LogP contribution is 2.17. The van der Waals surface area contributed by atoms with Gasteiger partial charge in [0.25, 0.3) is 11.5 Å². The summed E-state index contributed by atoms with van der Waals surface area (Å²) >= 11 is 0. The number of fused-ring (bicyclic) bond motifs is 3. The Morgan fingerprint density at radius 2 is 1.97 bits per heavy atom. The minimum atomic E-state index is -0.190. The lowest BCUT2D eigenvalue weighted by Gasteiger charge is -2.11. The fourth-order valence-electron chi connectivity index (χ4n) is 3.63. The van der Waals surface area contributed by atoms with Gasteiger partial charge in [0.2, 0.25) is 0 Å². The number of hydrogen-bond donors (Lipinski definition) is 1. The van der Waals surface area contributed by atoms with E-state index in [1.54, 1.807) is 33.5 Å². The van der Waals surface area contributed by atoms with E-state index in [0.29, 0.717) is 29.7 Å². The van der Waals surface area contributed by atoms with Crippen molar-refractivity contribution in [1.29, 1.82) is 0 Å². The zero-order chi connectivity index (χ0) is 20.5. The number of carbonyl (C=O) groups excluding carboxylic acids is 1. The van der Waals surface area contributed by atoms with Crippen molar-refractivity contribution >= 4 is 22.5 Å². The highest BCUT2D eigenvalue weighted by molar-refractivity contribution is 5.97. The highest BCUT2D eigenvalue weighted by Gasteiger charge is 2.14. The number of rotatable bonds is 6. The van der Waals surface area contributed by atoms with Crippen LogP contribution in [0.5, 0.6) is 0 Å². The second-order valence-corrected chi connectivity index (χ2v) is 7.07. The van der Waals surface area contributed by atoms with E-state index < -0.39 is 0 Å². The molecule has 0 radical (unpaired) electrons. The molecule has 8 nitrogen and oxygen atoms in total. The van der Waals surface area contributed by atoms with Gasteiger partial charge < -0.3 is 9.88 Å². The van der Waals surface area contributed by atoms with E-state index >= 15 is 0 Å². The Morgan fingerprint density at radius 3 is 2.72 bits per heavy atom. The molecule has 1 N–H and O–H groups in total. The van der Waals surface area contributed by atoms with Gasteiger partial charge in [-0.3, -0.25) is 14.3 Å². The van der Waals surface area contributed by atoms with Crippen LogP contribution in [0, 0.1) is 6.92 Å². The SMILES string of the molecule is CCCn1cc(CNC(=O)c2ccc3c(c2)n(CC)c(=O)c2ccnn23)c(C)n1. The average molecular weight is 392 g/mol. The molecule has 4 aromatic rings. The van der Waals surface area contributed by atoms with E-state index in [0.717, 1.165) is 29.7 Å². The van der Waals surface area contributed by atoms with Gasteiger partial charge in [0.1, 0.15) is 5.52 Å². The molecule has 150 valence electrons. The van der Waals surface area contributed by atoms with Crippen LogP contribution in [0.25, 0.3) is 16.6 Å². The monoisotopic (exact) mass is 392 g/mol. The summed E-state index contributed by atoms with van der Waals surface area (Å²) in [7, 11) is 0. The third kappa shape index (κ3) is 3.30. The van der Waals surface area contributed by atoms with Crippen LogP contribution < -0.4 is 10.9 Å². The molecule has 29 heavy (non-hydrogen) atoms. The Morgan fingerprint density at radius 1 is 1.14 bits per heavy atom. The molecule has 4 rings (SSSR count). The Labute approximate surface area is 167 Å². The summed E-state index contributed by atoms with van der Waals surface area (Å²) in [6, 6.07) is 7.05. The van der Waals surface area contributed by atoms with Crippen molar-refractivity contribution in [1.82, 2.24) is 29.3 Å². The third-order valence-corrected chi connectivity index (χ3v) is 5.12. The number of carbonyl (C=O) groups is 1. The Kier molecular flexibility index (Phi) is 4.92. The molecule has 0 atom stereocenters. The summed E-state index contributed by atoms with van der Waals surface area (Å²) < 4.78 is 5.20. The fourth-order valence-corrected chi connectivity index (χ4v) is 3.63. The maximum absolute atomic E-state index is 12.8. The lowest BCUT2D eigenvalue weighted by molar-refractivity contribution is 0.0951. The average Bonchev–Trinajstić information content (AvgIpc) is 3.33. The van der Waals surface area contributed by atoms with Crippen molar-refractivity contribution in [2.45, 2.75) is 46.8 Å². The van der Waals surface area contributed by atoms with Gasteiger partial charge in [0.05, 0.1) is 22.9 Å². The maximum Gasteiger partial charge on any atom is 0.277 e. The normalized spacial score (nSPS) is 11.4. The van der Waals surface area contributed by atoms with Gasteiger partial charge in [-0.25, -0.2) is 4.52 Å². The number of amides is 1. The van der Waals surface area contributed by atoms with Gasteiger partial charge in [-0.1, -0.05) is 6.92 Å². The number of nitrogens with one attached hydrogen (secondary N) is 1. The van der Waals surface area contributed by atoms with E-state index in [1.165, 1.54) is 0 Å². The maximum atomic E-state index is 12.8. The quantitative estimate of drug-likeness (QED) is 0.546. The molecule has 0 saturated heterocycles. The number of hydrogen-bond acceptors (Lipinski definition) is 4. The van der Waals surface area contributed by atoms with Gasteiger partial charge >= 0.3 is 0 Å². The van der Waals surface area contributed by atoms with E-state index in [4.69, 9.17) is 0 Å². The van der Waals surface area contributed by atoms with Crippen molar-refractivity contribution in [2.24, 2.45) is 0 Å². The van der Waals surface area contributed by atoms with Crippen molar-refractivity contribution in [2.75, 3.05) is 0 Å². The first-order valence-electron chi connectivity index (χ1n) is 9.85. The number of aromatic nitrogens is 5. The summed E-state index contributed by atoms with van der Waals surface area (Å²) in [5.74, 6) is -0.190. The van der Waals surface area contributed by atoms with Crippen LogP contribution in [0.4, 0.5) is 0 Å². The zero-order valence-corrected chi connectivity index (χ0v) is 16.8. The number of benzene rings is 1. The second kappa shape index (κ2) is 7.54. The first-order valence-corrected chi connectivity index (χ1v) is 9.85. The van der Waals surface area contributed by atoms with E-state index in [1.807, 2.05) is 30.8 Å². The molecule has 1 aromatic carbocycles. The fraction of sp³-hybridized carbons (Fsp3) is 0.333. The molecule has 8 heteroatoms. The Hall–Kier alpha value is -3.42. The largest absolute Gasteiger partial charge is 0.348 e. The van der Waals surface area contributed by atoms with Gasteiger partial charge in [-0.05, 0) is 44.5 Å². The third-order valence-electron chi connectivity index (χ3n) is 5.12. The summed E-state index contributed by atoms with van der Waals surface area (Å²) in [5, 5.41) is 11.7. The predicted octanol–water partition coefficient (Wildman–Crippen LogP) is 2.51. The first kappa shape index (κ1) is 18.9. The van der Waals surface area contributed by atoms with Gasteiger partial charge in [-0.2, -0.15) is 10.2 Å². The van der Waals surface area contributed by atoms with Crippen LogP contribution in [0.2, 0.25) is 0 Å². The summed E-state index contributed by atoms with van der Waals surface area (Å²) in [6.45, 7) is 7.74. The molecule has 0 fully saturated rings. The Bertz CT molecular complexity index is 1260. The summed E-state index contributed by atoms with van der Waals surface area (Å²) in [4.78, 5) is 25.5. The van der Waals surface area contributed by atoms with Gasteiger partial charge in [0.15, 0.2) is 0 Å². The van der Waals surface area contributed by atoms with Crippen LogP contribution in [0.1, 0.15) is 41.9 Å². The molecule has 1 amide bonds. The lowest BCUT2D eigenvalue weighted by Crippen LogP contribution is -2.25. The Balaban J connectivity index is 1.64. The highest BCUT2D eigenvalue weighted by atomic mass is 16.1. The van der Waals surface area contributed by atoms with E-state index in [9.17, 15) is 9.59 Å². The molecule has 0 bridgehead atoms. The summed E-state index contributed by atoms with van der Waals surface area (Å²) in [5.41, 5.74) is 4.30. The number of aryl methyl sites for hydroxylation is 3. The van der Waals surface area contributed by atoms with Crippen molar-refractivity contribution < 1.29 is 4.79 Å². The molecular formula is C21H24N6O2. The standard InChI is InChI=1S/C21H24N6O2/c1-4-10-25-13-16(14(3)24-25)12-22-20(28)15-6-7-17-19(11-15)26(5-2)21(29)18-8-9-23-27(17)18/h6-9,11,13H,4-5,10,12H2,1-3H3,(H,22,28). The minimum absolute atomic E-state index is 0.117. The van der Waals surface area contributed by atoms with Crippen LogP contribution in [-0.2, 0) is 19.6 Å². The molecule has 0 unspecified atom stereocenters. The molecule has 0 saturated carbocycles. The van der Waals surface area contributed by atoms with Crippen LogP contribution in [0.3, 0.4) is 0 Å². The van der Waals surface area contributed by atoms with Crippen molar-refractivity contribution in [3.8, 4) is 0 Å². The van der Waals surface area contributed by atoms with Gasteiger partial charge in [0, 0.05) is 37.0 Å². The van der Waals surface area contributed by atoms with Crippen LogP contribution >= 0.6 is 0 Å². The lowest BCUT2D eigenvalue weighted by atomic mass is 10.1. The molecule has 0 spiro atoms. The molecule has 0 aliphatic carbocycles. The first-order chi connectivity index (χ1) is 14.0. The molecule has 3 aromatic heterocycles. The smallest absolute Gasteiger partial charge is 0.277 e. The van der Waals surface area contributed by atoms with E-state index in [2.05, 4.69) is 22.4 Å². The summed E-state index contributed by atoms with van der Waals surface area (Å²) in [6.07, 6.45) is 4.59. The molecular weight excluding hydrogens is 368 g/mol. The predicted molar refractivity (Wildman–Crippen MR) is 111 cm³/mol. The zero-order valence-electron chi connectivity index (χ0n) is 16.8. The minimum Gasteiger partial charge on any atom is -0.348 e. The molecule has 0 aliphatic heterocycles. The van der Waals surface area contributed by atoms with Crippen LogP contribution in [-0.4, -0.2) is 29.9 Å². The molecule has 3 heterocycles. The van der Waals surface area contributed by atoms with Crippen molar-refractivity contribution in [3.63, 3.8) is 0 Å². The second-order valence-electron chi connectivity index (χ2n) is 7.07.